The van der Waals surface area contributed by atoms with Crippen LogP contribution in [0.3, 0.4) is 0 Å². The summed E-state index contributed by atoms with van der Waals surface area (Å²) in [5.74, 6) is 1.46. The molecule has 0 fully saturated rings. The van der Waals surface area contributed by atoms with Crippen LogP contribution in [0.5, 0.6) is 0 Å². The van der Waals surface area contributed by atoms with Gasteiger partial charge in [0.25, 0.3) is 0 Å². The molecule has 0 aromatic rings. The van der Waals surface area contributed by atoms with Gasteiger partial charge < -0.3 is 4.74 Å². The highest BCUT2D eigenvalue weighted by atomic mass is 35.5. The van der Waals surface area contributed by atoms with E-state index < -0.39 is 0 Å². The average molecular weight is 322 g/mol. The fraction of sp³-hybridized carbons (Fsp3) is 0.316. The summed E-state index contributed by atoms with van der Waals surface area (Å²) >= 11 is 6.25. The lowest BCUT2D eigenvalue weighted by atomic mass is 10.2. The minimum absolute atomic E-state index is 0.436. The second-order valence-corrected chi connectivity index (χ2v) is 4.06. The van der Waals surface area contributed by atoms with Crippen LogP contribution in [0, 0.1) is 0 Å². The molecular weight excluding hydrogens is 294 g/mol. The van der Waals surface area contributed by atoms with E-state index in [1.165, 1.54) is 0 Å². The molecule has 0 radical (unpaired) electrons. The van der Waals surface area contributed by atoms with Crippen LogP contribution >= 0.6 is 11.6 Å². The quantitative estimate of drug-likeness (QED) is 0.519. The number of aliphatic imine (C=N–C) groups is 1. The molecule has 2 nitrogen and oxygen atoms in total. The number of allylic oxidation sites excluding steroid dienone is 8. The van der Waals surface area contributed by atoms with Crippen molar-refractivity contribution in [3.05, 3.63) is 72.4 Å². The Morgan fingerprint density at radius 1 is 1.09 bits per heavy atom. The van der Waals surface area contributed by atoms with Crippen molar-refractivity contribution in [2.75, 3.05) is 0 Å². The average Bonchev–Trinajstić information content (AvgIpc) is 2.67. The van der Waals surface area contributed by atoms with Crippen LogP contribution < -0.4 is 0 Å². The summed E-state index contributed by atoms with van der Waals surface area (Å²) in [5, 5.41) is 0.436. The second kappa shape index (κ2) is 14.2. The molecule has 0 saturated heterocycles. The van der Waals surface area contributed by atoms with Gasteiger partial charge in [0, 0.05) is 0 Å². The Balaban J connectivity index is 0. The van der Waals surface area contributed by atoms with Crippen molar-refractivity contribution in [3.63, 3.8) is 0 Å². The van der Waals surface area contributed by atoms with Crippen LogP contribution in [0.25, 0.3) is 0 Å². The van der Waals surface area contributed by atoms with Crippen molar-refractivity contribution in [3.8, 4) is 0 Å². The monoisotopic (exact) mass is 321 g/mol. The van der Waals surface area contributed by atoms with Gasteiger partial charge in [-0.05, 0) is 45.9 Å². The maximum absolute atomic E-state index is 6.25. The van der Waals surface area contributed by atoms with Gasteiger partial charge in [0.05, 0.1) is 5.57 Å². The largest absolute Gasteiger partial charge is 0.459 e. The maximum Gasteiger partial charge on any atom is 0.140 e. The first kappa shape index (κ1) is 22.5. The van der Waals surface area contributed by atoms with Crippen molar-refractivity contribution in [1.82, 2.24) is 0 Å². The third kappa shape index (κ3) is 7.28. The number of hydrogen-bond donors (Lipinski definition) is 0. The van der Waals surface area contributed by atoms with E-state index >= 15 is 0 Å². The van der Waals surface area contributed by atoms with Gasteiger partial charge >= 0.3 is 0 Å². The summed E-state index contributed by atoms with van der Waals surface area (Å²) in [6.45, 7) is 17.7. The molecule has 0 bridgehead atoms. The zero-order valence-corrected chi connectivity index (χ0v) is 15.4. The summed E-state index contributed by atoms with van der Waals surface area (Å²) in [6, 6.07) is 0. The van der Waals surface area contributed by atoms with E-state index in [2.05, 4.69) is 18.2 Å². The lowest BCUT2D eigenvalue weighted by Gasteiger charge is -2.09. The fourth-order valence-electron chi connectivity index (χ4n) is 1.49. The van der Waals surface area contributed by atoms with Gasteiger partial charge in [-0.1, -0.05) is 43.7 Å². The molecule has 0 atom stereocenters. The standard InChI is InChI=1S/C15H18ClNO.C2H6.C2H4/c1-5-8-10-12-14(7-3)18-11(4)13(9-6-2)17-15(12)16;2*1-2/h5-10H,1-4H3;1-2H3;1-2H2/b8-5-,9-6-,12-10+,14-7+;;. The number of nitrogens with zero attached hydrogens (tertiary/aromatic N) is 1. The van der Waals surface area contributed by atoms with E-state index in [1.807, 2.05) is 78.0 Å². The molecule has 22 heavy (non-hydrogen) atoms. The van der Waals surface area contributed by atoms with Crippen molar-refractivity contribution >= 4 is 16.8 Å². The van der Waals surface area contributed by atoms with Crippen LogP contribution in [0.2, 0.25) is 0 Å². The van der Waals surface area contributed by atoms with E-state index in [4.69, 9.17) is 16.3 Å². The molecule has 1 rings (SSSR count). The Morgan fingerprint density at radius 3 is 2.14 bits per heavy atom. The van der Waals surface area contributed by atoms with Crippen LogP contribution in [-0.4, -0.2) is 5.17 Å². The highest BCUT2D eigenvalue weighted by Gasteiger charge is 2.17. The van der Waals surface area contributed by atoms with Gasteiger partial charge in [-0.2, -0.15) is 0 Å². The number of rotatable bonds is 2. The van der Waals surface area contributed by atoms with Crippen molar-refractivity contribution in [2.24, 2.45) is 4.99 Å². The van der Waals surface area contributed by atoms with Crippen LogP contribution in [0.15, 0.2) is 77.4 Å². The molecule has 1 aliphatic heterocycles. The van der Waals surface area contributed by atoms with Crippen molar-refractivity contribution in [1.29, 1.82) is 0 Å². The van der Waals surface area contributed by atoms with Gasteiger partial charge in [0.1, 0.15) is 22.4 Å². The highest BCUT2D eigenvalue weighted by Crippen LogP contribution is 2.26. The molecule has 0 aromatic carbocycles. The first-order valence-corrected chi connectivity index (χ1v) is 7.77. The summed E-state index contributed by atoms with van der Waals surface area (Å²) in [6.07, 6.45) is 11.4. The number of halogens is 1. The van der Waals surface area contributed by atoms with Crippen molar-refractivity contribution in [2.45, 2.75) is 41.5 Å². The molecule has 1 aliphatic rings. The smallest absolute Gasteiger partial charge is 0.140 e. The molecule has 0 aromatic heterocycles. The predicted octanol–water partition coefficient (Wildman–Crippen LogP) is 6.70. The molecular formula is C19H28ClNO. The molecule has 0 unspecified atom stereocenters. The van der Waals surface area contributed by atoms with Crippen LogP contribution in [0.1, 0.15) is 41.5 Å². The molecule has 0 N–H and O–H groups in total. The molecule has 122 valence electrons. The van der Waals surface area contributed by atoms with E-state index in [1.54, 1.807) is 0 Å². The molecule has 0 spiro atoms. The Kier molecular flexibility index (Phi) is 14.5. The molecule has 0 saturated carbocycles. The normalized spacial score (nSPS) is 18.4. The fourth-order valence-corrected chi connectivity index (χ4v) is 1.74. The maximum atomic E-state index is 6.25. The topological polar surface area (TPSA) is 21.6 Å². The van der Waals surface area contributed by atoms with Gasteiger partial charge in [0.15, 0.2) is 0 Å². The minimum atomic E-state index is 0.436. The van der Waals surface area contributed by atoms with Gasteiger partial charge in [0.2, 0.25) is 0 Å². The van der Waals surface area contributed by atoms with Crippen LogP contribution in [0.4, 0.5) is 0 Å². The van der Waals surface area contributed by atoms with E-state index in [0.29, 0.717) is 5.17 Å². The van der Waals surface area contributed by atoms with Gasteiger partial charge in [-0.25, -0.2) is 4.99 Å². The third-order valence-electron chi connectivity index (χ3n) is 2.37. The molecule has 3 heteroatoms. The number of ether oxygens (including phenoxy) is 1. The zero-order valence-electron chi connectivity index (χ0n) is 14.6. The Bertz CT molecular complexity index is 506. The van der Waals surface area contributed by atoms with E-state index in [0.717, 1.165) is 22.8 Å². The summed E-state index contributed by atoms with van der Waals surface area (Å²) in [4.78, 5) is 4.39. The number of hydrogen-bond acceptors (Lipinski definition) is 2. The minimum Gasteiger partial charge on any atom is -0.459 e. The molecule has 0 amide bonds. The van der Waals surface area contributed by atoms with E-state index in [-0.39, 0.29) is 0 Å². The summed E-state index contributed by atoms with van der Waals surface area (Å²) in [5.41, 5.74) is 1.53. The summed E-state index contributed by atoms with van der Waals surface area (Å²) < 4.78 is 5.79. The first-order valence-electron chi connectivity index (χ1n) is 7.39. The summed E-state index contributed by atoms with van der Waals surface area (Å²) in [7, 11) is 0. The first-order chi connectivity index (χ1) is 10.6. The molecule has 0 aliphatic carbocycles. The van der Waals surface area contributed by atoms with E-state index in [9.17, 15) is 0 Å². The lowest BCUT2D eigenvalue weighted by Crippen LogP contribution is -1.98. The Labute approximate surface area is 140 Å². The van der Waals surface area contributed by atoms with Gasteiger partial charge in [-0.3, -0.25) is 0 Å². The zero-order chi connectivity index (χ0) is 17.5. The second-order valence-electron chi connectivity index (χ2n) is 3.71. The lowest BCUT2D eigenvalue weighted by molar-refractivity contribution is 0.316. The third-order valence-corrected chi connectivity index (χ3v) is 2.66. The molecule has 1 heterocycles. The van der Waals surface area contributed by atoms with Crippen LogP contribution in [-0.2, 0) is 4.74 Å². The van der Waals surface area contributed by atoms with Crippen molar-refractivity contribution < 1.29 is 4.74 Å². The highest BCUT2D eigenvalue weighted by molar-refractivity contribution is 6.70. The predicted molar refractivity (Wildman–Crippen MR) is 101 cm³/mol. The van der Waals surface area contributed by atoms with Gasteiger partial charge in [-0.15, -0.1) is 13.2 Å². The Hall–Kier alpha value is -1.80. The SMILES string of the molecule is C=C.CC.C\C=C/C=C1/C(Cl)=NC(/C=C\C)=C(C)O/C1=C/C. The Morgan fingerprint density at radius 2 is 1.68 bits per heavy atom.